The van der Waals surface area contributed by atoms with Crippen LogP contribution < -0.4 is 114 Å². The fraction of sp³-hybridized carbons (Fsp3) is 0.231. The summed E-state index contributed by atoms with van der Waals surface area (Å²) >= 11 is 0. The Kier molecular flexibility index (Phi) is 30.1. The fourth-order valence-electron chi connectivity index (χ4n) is 9.78. The Balaban J connectivity index is 1.61. The number of ether oxygens (including phenoxy) is 24. The van der Waals surface area contributed by atoms with Crippen LogP contribution in [-0.2, 0) is 86.3 Å². The summed E-state index contributed by atoms with van der Waals surface area (Å²) in [5.74, 6) is -45.0. The van der Waals surface area contributed by atoms with Gasteiger partial charge in [-0.25, -0.2) is 0 Å². The third-order valence-electron chi connectivity index (χ3n) is 13.1. The summed E-state index contributed by atoms with van der Waals surface area (Å²) in [4.78, 5) is 233. The van der Waals surface area contributed by atoms with Gasteiger partial charge in [0.15, 0.2) is 80.5 Å². The van der Waals surface area contributed by atoms with Crippen LogP contribution in [0.1, 0.15) is 125 Å². The molecule has 0 saturated carbocycles. The molecule has 0 amide bonds. The minimum absolute atomic E-state index is 0.373. The largest absolute Gasteiger partial charge is 0.453 e. The summed E-state index contributed by atoms with van der Waals surface area (Å²) in [6.45, 7) is 15.8. The molecule has 7 rings (SSSR count). The van der Waals surface area contributed by atoms with E-state index in [2.05, 4.69) is 0 Å². The van der Waals surface area contributed by atoms with E-state index in [0.29, 0.717) is 12.1 Å². The molecule has 7 aromatic rings. The first-order valence-corrected chi connectivity index (χ1v) is 33.9. The Labute approximate surface area is 675 Å². The lowest BCUT2D eigenvalue weighted by molar-refractivity contribution is -0.135. The van der Waals surface area contributed by atoms with Crippen LogP contribution in [0, 0.1) is 0 Å². The van der Waals surface area contributed by atoms with Gasteiger partial charge in [0.2, 0.25) is 63.2 Å². The molecular formula is C78H66O42. The summed E-state index contributed by atoms with van der Waals surface area (Å²) in [5, 5.41) is 0. The van der Waals surface area contributed by atoms with Gasteiger partial charge >= 0.3 is 107 Å². The molecule has 0 spiro atoms. The van der Waals surface area contributed by atoms with Crippen LogP contribution in [0.25, 0.3) is 0 Å². The molecule has 0 atom stereocenters. The van der Waals surface area contributed by atoms with Crippen molar-refractivity contribution in [3.05, 3.63) is 72.8 Å². The third kappa shape index (κ3) is 25.9. The standard InChI is InChI=1S/C78H66O42/c1-31(79)97-49-19-58(102-36(6)84)71(59(20-49)103-37(7)85)116-51-23-57(101-35(5)83)70(110-44(14)92)63(28-51)119-66-29-64(106-40(10)88)73(111-45(15)93)77(113-47(17)95)75(66)117-52-25-60(104-38(8)86)72(61(26-52)105-39(9)87)120-67-30-65(107-41(11)89)74(112-46(16)94)78(114-48(18)96)76(67)118-53-24-56(100-34(4)82)69(109-43(13)91)62(27-53)115-50-21-54(98-32(2)80)68(108-42(12)90)55(22-50)99-33(3)81/h19-30H,1-18H3. The summed E-state index contributed by atoms with van der Waals surface area (Å²) in [6.07, 6.45) is 0. The van der Waals surface area contributed by atoms with Crippen molar-refractivity contribution in [2.45, 2.75) is 125 Å². The zero-order valence-corrected chi connectivity index (χ0v) is 66.1. The normalized spacial score (nSPS) is 10.3. The van der Waals surface area contributed by atoms with Crippen molar-refractivity contribution in [1.29, 1.82) is 0 Å². The van der Waals surface area contributed by atoms with Gasteiger partial charge in [-0.3, -0.25) is 86.3 Å². The molecular weight excluding hydrogens is 1610 g/mol. The number of hydrogen-bond acceptors (Lipinski definition) is 42. The van der Waals surface area contributed by atoms with Gasteiger partial charge in [0.1, 0.15) is 28.7 Å². The highest BCUT2D eigenvalue weighted by atomic mass is 16.7. The zero-order valence-electron chi connectivity index (χ0n) is 66.1. The van der Waals surface area contributed by atoms with E-state index in [9.17, 15) is 86.3 Å². The van der Waals surface area contributed by atoms with Gasteiger partial charge in [0, 0.05) is 197 Å². The highest BCUT2D eigenvalue weighted by molar-refractivity contribution is 5.87. The summed E-state index contributed by atoms with van der Waals surface area (Å²) in [7, 11) is 0. The van der Waals surface area contributed by atoms with E-state index in [0.717, 1.165) is 185 Å². The van der Waals surface area contributed by atoms with E-state index < -0.39 is 274 Å². The Hall–Kier alpha value is -16.2. The van der Waals surface area contributed by atoms with Gasteiger partial charge in [-0.1, -0.05) is 0 Å². The molecule has 0 fully saturated rings. The lowest BCUT2D eigenvalue weighted by atomic mass is 10.2. The van der Waals surface area contributed by atoms with Crippen molar-refractivity contribution >= 4 is 107 Å². The summed E-state index contributed by atoms with van der Waals surface area (Å²) < 4.78 is 136. The fourth-order valence-corrected chi connectivity index (χ4v) is 9.78. The average Bonchev–Trinajstić information content (AvgIpc) is 0.708. The molecule has 0 aliphatic carbocycles. The second kappa shape index (κ2) is 39.7. The second-order valence-electron chi connectivity index (χ2n) is 23.8. The molecule has 0 unspecified atom stereocenters. The number of carbonyl (C=O) groups is 18. The number of benzene rings is 7. The zero-order chi connectivity index (χ0) is 89.2. The first-order valence-electron chi connectivity index (χ1n) is 33.9. The minimum atomic E-state index is -1.30. The molecule has 120 heavy (non-hydrogen) atoms. The second-order valence-corrected chi connectivity index (χ2v) is 23.8. The molecule has 42 nitrogen and oxygen atoms in total. The summed E-state index contributed by atoms with van der Waals surface area (Å²) in [6, 6.07) is 9.95. The van der Waals surface area contributed by atoms with Crippen LogP contribution in [0.15, 0.2) is 72.8 Å². The van der Waals surface area contributed by atoms with Gasteiger partial charge in [0.05, 0.1) is 0 Å². The topological polar surface area (TPSA) is 529 Å². The number of carbonyl (C=O) groups excluding carboxylic acids is 18. The van der Waals surface area contributed by atoms with Crippen LogP contribution in [0.2, 0.25) is 0 Å². The minimum Gasteiger partial charge on any atom is -0.453 e. The predicted octanol–water partition coefficient (Wildman–Crippen LogP) is 11.1. The first-order chi connectivity index (χ1) is 56.2. The van der Waals surface area contributed by atoms with Gasteiger partial charge < -0.3 is 114 Å². The van der Waals surface area contributed by atoms with Crippen molar-refractivity contribution < 1.29 is 200 Å². The maximum Gasteiger partial charge on any atom is 0.308 e. The van der Waals surface area contributed by atoms with Crippen molar-refractivity contribution in [2.75, 3.05) is 0 Å². The van der Waals surface area contributed by atoms with E-state index in [1.54, 1.807) is 0 Å². The van der Waals surface area contributed by atoms with Crippen molar-refractivity contribution in [3.63, 3.8) is 0 Å². The number of esters is 18. The lowest BCUT2D eigenvalue weighted by Gasteiger charge is -2.23. The maximum absolute atomic E-state index is 13.6. The molecule has 0 saturated heterocycles. The Morgan fingerprint density at radius 2 is 0.283 bits per heavy atom. The molecule has 0 N–H and O–H groups in total. The molecule has 0 heterocycles. The van der Waals surface area contributed by atoms with Crippen LogP contribution in [0.3, 0.4) is 0 Å². The SMILES string of the molecule is CC(=O)Oc1cc(OC(C)=O)c(Oc2cc(OC(C)=O)c(OC(C)=O)c(Oc3cc(OC(C)=O)c(OC(C)=O)c(OC(C)=O)c3Oc3cc(OC(C)=O)c(Oc4cc(OC(C)=O)c(OC(C)=O)c(OC(C)=O)c4Oc4cc(OC(C)=O)c(OC(C)=O)c(Oc5cc(OC(C)=O)c(OC(C)=O)c(OC(C)=O)c5)c4)c(OC(C)=O)c3)c2)c(OC(C)=O)c1. The quantitative estimate of drug-likeness (QED) is 0.0298. The van der Waals surface area contributed by atoms with E-state index in [4.69, 9.17) is 114 Å². The van der Waals surface area contributed by atoms with Gasteiger partial charge in [-0.15, -0.1) is 0 Å². The average molecular weight is 1680 g/mol. The van der Waals surface area contributed by atoms with Gasteiger partial charge in [-0.2, -0.15) is 0 Å². The van der Waals surface area contributed by atoms with E-state index >= 15 is 0 Å². The third-order valence-corrected chi connectivity index (χ3v) is 13.1. The highest BCUT2D eigenvalue weighted by Gasteiger charge is 2.37. The molecule has 0 aliphatic rings. The molecule has 0 aliphatic heterocycles. The van der Waals surface area contributed by atoms with Crippen LogP contribution in [-0.4, -0.2) is 107 Å². The Bertz CT molecular complexity index is 5350. The smallest absolute Gasteiger partial charge is 0.308 e. The van der Waals surface area contributed by atoms with E-state index in [1.165, 1.54) is 0 Å². The predicted molar refractivity (Wildman–Crippen MR) is 389 cm³/mol. The van der Waals surface area contributed by atoms with Crippen LogP contribution >= 0.6 is 0 Å². The highest BCUT2D eigenvalue weighted by Crippen LogP contribution is 2.60. The van der Waals surface area contributed by atoms with Crippen molar-refractivity contribution in [1.82, 2.24) is 0 Å². The molecule has 0 bridgehead atoms. The molecule has 0 radical (unpaired) electrons. The maximum atomic E-state index is 13.6. The summed E-state index contributed by atoms with van der Waals surface area (Å²) in [5.41, 5.74) is 0. The molecule has 42 heteroatoms. The van der Waals surface area contributed by atoms with Crippen LogP contribution in [0.4, 0.5) is 0 Å². The van der Waals surface area contributed by atoms with E-state index in [1.807, 2.05) is 0 Å². The molecule has 630 valence electrons. The number of hydrogen-bond donors (Lipinski definition) is 0. The lowest BCUT2D eigenvalue weighted by Crippen LogP contribution is -2.13. The monoisotopic (exact) mass is 1670 g/mol. The Morgan fingerprint density at radius 1 is 0.125 bits per heavy atom. The molecule has 7 aromatic carbocycles. The van der Waals surface area contributed by atoms with Gasteiger partial charge in [-0.05, 0) is 0 Å². The van der Waals surface area contributed by atoms with Crippen molar-refractivity contribution in [2.24, 2.45) is 0 Å². The molecule has 0 aromatic heterocycles. The van der Waals surface area contributed by atoms with Crippen LogP contribution in [0.5, 0.6) is 172 Å². The number of rotatable bonds is 30. The first kappa shape index (κ1) is 91.0. The Morgan fingerprint density at radius 3 is 0.542 bits per heavy atom. The van der Waals surface area contributed by atoms with Gasteiger partial charge in [0.25, 0.3) is 0 Å². The van der Waals surface area contributed by atoms with Crippen molar-refractivity contribution in [3.8, 4) is 172 Å². The van der Waals surface area contributed by atoms with E-state index in [-0.39, 0.29) is 5.75 Å².